The van der Waals surface area contributed by atoms with Crippen molar-refractivity contribution in [2.45, 2.75) is 13.8 Å². The minimum absolute atomic E-state index is 0.0792. The number of fused-ring (bicyclic) bond motifs is 1. The number of benzene rings is 2. The molecule has 4 nitrogen and oxygen atoms in total. The van der Waals surface area contributed by atoms with E-state index >= 15 is 0 Å². The molecule has 0 bridgehead atoms. The summed E-state index contributed by atoms with van der Waals surface area (Å²) in [5.74, 6) is 0.672. The van der Waals surface area contributed by atoms with Crippen LogP contribution in [0.1, 0.15) is 22.8 Å². The quantitative estimate of drug-likeness (QED) is 0.682. The largest absolute Gasteiger partial charge is 0.497 e. The predicted molar refractivity (Wildman–Crippen MR) is 89.2 cm³/mol. The monoisotopic (exact) mass is 307 g/mol. The van der Waals surface area contributed by atoms with Crippen LogP contribution in [-0.4, -0.2) is 12.9 Å². The van der Waals surface area contributed by atoms with E-state index in [4.69, 9.17) is 9.15 Å². The van der Waals surface area contributed by atoms with Gasteiger partial charge in [0.25, 0.3) is 0 Å². The first-order chi connectivity index (χ1) is 11.1. The van der Waals surface area contributed by atoms with Crippen LogP contribution in [0, 0.1) is 6.92 Å². The molecule has 1 heterocycles. The summed E-state index contributed by atoms with van der Waals surface area (Å²) in [7, 11) is 1.61. The highest BCUT2D eigenvalue weighted by molar-refractivity contribution is 5.96. The Bertz CT molecular complexity index is 937. The molecule has 0 fully saturated rings. The first-order valence-corrected chi connectivity index (χ1v) is 7.31. The van der Waals surface area contributed by atoms with Gasteiger partial charge in [-0.25, -0.2) is 4.99 Å². The lowest BCUT2D eigenvalue weighted by atomic mass is 10.1. The Kier molecular flexibility index (Phi) is 3.98. The van der Waals surface area contributed by atoms with Crippen LogP contribution in [0.25, 0.3) is 11.0 Å². The number of hydrogen-bond donors (Lipinski definition) is 0. The van der Waals surface area contributed by atoms with Crippen molar-refractivity contribution in [1.82, 2.24) is 0 Å². The minimum Gasteiger partial charge on any atom is -0.497 e. The Morgan fingerprint density at radius 3 is 2.48 bits per heavy atom. The third-order valence-corrected chi connectivity index (χ3v) is 3.58. The number of carbonyl (C=O) groups is 1. The molecule has 0 unspecified atom stereocenters. The lowest BCUT2D eigenvalue weighted by Gasteiger charge is -2.03. The Balaban J connectivity index is 2.21. The average Bonchev–Trinajstić information content (AvgIpc) is 2.55. The Morgan fingerprint density at radius 2 is 1.83 bits per heavy atom. The van der Waals surface area contributed by atoms with E-state index in [1.165, 1.54) is 6.92 Å². The standard InChI is InChI=1S/C19H17NO3/c1-12-4-9-18-14(10-12)11-17(13(2)21)19(23-18)20-15-5-7-16(22-3)8-6-15/h4-11H,1-3H3. The molecule has 0 radical (unpaired) electrons. The van der Waals surface area contributed by atoms with Gasteiger partial charge in [0.2, 0.25) is 5.55 Å². The van der Waals surface area contributed by atoms with Crippen LogP contribution in [0.15, 0.2) is 57.9 Å². The molecule has 3 aromatic rings. The fourth-order valence-corrected chi connectivity index (χ4v) is 2.36. The molecule has 116 valence electrons. The molecule has 1 aromatic heterocycles. The van der Waals surface area contributed by atoms with Crippen LogP contribution in [0.4, 0.5) is 5.69 Å². The van der Waals surface area contributed by atoms with Gasteiger partial charge in [0, 0.05) is 5.39 Å². The van der Waals surface area contributed by atoms with Crippen LogP contribution in [0.5, 0.6) is 5.75 Å². The highest BCUT2D eigenvalue weighted by Crippen LogP contribution is 2.19. The number of rotatable bonds is 3. The van der Waals surface area contributed by atoms with Gasteiger partial charge < -0.3 is 9.15 Å². The molecule has 0 aliphatic rings. The van der Waals surface area contributed by atoms with Crippen molar-refractivity contribution in [3.05, 3.63) is 65.2 Å². The maximum absolute atomic E-state index is 11.9. The van der Waals surface area contributed by atoms with Gasteiger partial charge >= 0.3 is 0 Å². The maximum Gasteiger partial charge on any atom is 0.230 e. The normalized spacial score (nSPS) is 11.7. The van der Waals surface area contributed by atoms with Crippen molar-refractivity contribution in [3.8, 4) is 5.75 Å². The first-order valence-electron chi connectivity index (χ1n) is 7.31. The molecule has 2 aromatic carbocycles. The fourth-order valence-electron chi connectivity index (χ4n) is 2.36. The number of methoxy groups -OCH3 is 1. The summed E-state index contributed by atoms with van der Waals surface area (Å²) in [6.07, 6.45) is 0. The van der Waals surface area contributed by atoms with Crippen molar-refractivity contribution in [2.24, 2.45) is 4.99 Å². The summed E-state index contributed by atoms with van der Waals surface area (Å²) < 4.78 is 11.0. The summed E-state index contributed by atoms with van der Waals surface area (Å²) >= 11 is 0. The topological polar surface area (TPSA) is 51.8 Å². The third-order valence-electron chi connectivity index (χ3n) is 3.58. The molecule has 0 spiro atoms. The zero-order chi connectivity index (χ0) is 16.4. The van der Waals surface area contributed by atoms with Gasteiger partial charge in [-0.3, -0.25) is 4.79 Å². The molecule has 3 rings (SSSR count). The molecule has 23 heavy (non-hydrogen) atoms. The van der Waals surface area contributed by atoms with Crippen molar-refractivity contribution >= 4 is 22.4 Å². The number of ether oxygens (including phenoxy) is 1. The Morgan fingerprint density at radius 1 is 1.09 bits per heavy atom. The second-order valence-corrected chi connectivity index (χ2v) is 5.37. The SMILES string of the molecule is COc1ccc(N=c2oc3ccc(C)cc3cc2C(C)=O)cc1. The molecule has 0 aliphatic heterocycles. The Hall–Kier alpha value is -2.88. The number of ketones is 1. The molecule has 4 heteroatoms. The zero-order valence-electron chi connectivity index (χ0n) is 13.3. The highest BCUT2D eigenvalue weighted by atomic mass is 16.5. The lowest BCUT2D eigenvalue weighted by Crippen LogP contribution is -2.13. The van der Waals surface area contributed by atoms with Gasteiger partial charge in [-0.2, -0.15) is 0 Å². The van der Waals surface area contributed by atoms with E-state index in [0.29, 0.717) is 22.4 Å². The summed E-state index contributed by atoms with van der Waals surface area (Å²) in [5, 5.41) is 0.892. The van der Waals surface area contributed by atoms with E-state index in [9.17, 15) is 4.79 Å². The molecule has 0 aliphatic carbocycles. The van der Waals surface area contributed by atoms with Gasteiger partial charge in [0.05, 0.1) is 18.4 Å². The summed E-state index contributed by atoms with van der Waals surface area (Å²) in [5.41, 5.74) is 3.30. The number of aryl methyl sites for hydroxylation is 1. The van der Waals surface area contributed by atoms with Gasteiger partial charge in [0.1, 0.15) is 11.3 Å². The molecule has 0 atom stereocenters. The number of nitrogens with zero attached hydrogens (tertiary/aromatic N) is 1. The van der Waals surface area contributed by atoms with Crippen LogP contribution in [0.3, 0.4) is 0 Å². The second-order valence-electron chi connectivity index (χ2n) is 5.37. The minimum atomic E-state index is -0.0792. The van der Waals surface area contributed by atoms with Crippen LogP contribution in [0.2, 0.25) is 0 Å². The average molecular weight is 307 g/mol. The Labute approximate surface area is 134 Å². The first kappa shape index (κ1) is 15.0. The van der Waals surface area contributed by atoms with Crippen LogP contribution >= 0.6 is 0 Å². The number of carbonyl (C=O) groups excluding carboxylic acids is 1. The van der Waals surface area contributed by atoms with Crippen molar-refractivity contribution in [1.29, 1.82) is 0 Å². The smallest absolute Gasteiger partial charge is 0.230 e. The highest BCUT2D eigenvalue weighted by Gasteiger charge is 2.08. The molecule has 0 amide bonds. The van der Waals surface area contributed by atoms with Gasteiger partial charge in [0.15, 0.2) is 5.78 Å². The lowest BCUT2D eigenvalue weighted by molar-refractivity contribution is 0.101. The summed E-state index contributed by atoms with van der Waals surface area (Å²) in [6, 6.07) is 14.9. The van der Waals surface area contributed by atoms with E-state index in [1.807, 2.05) is 55.5 Å². The van der Waals surface area contributed by atoms with Crippen molar-refractivity contribution in [2.75, 3.05) is 7.11 Å². The molecule has 0 saturated carbocycles. The van der Waals surface area contributed by atoms with Gasteiger partial charge in [-0.1, -0.05) is 11.6 Å². The molecule has 0 N–H and O–H groups in total. The second kappa shape index (κ2) is 6.08. The number of hydrogen-bond acceptors (Lipinski definition) is 4. The van der Waals surface area contributed by atoms with E-state index in [-0.39, 0.29) is 5.78 Å². The third kappa shape index (κ3) is 3.16. The van der Waals surface area contributed by atoms with E-state index < -0.39 is 0 Å². The van der Waals surface area contributed by atoms with Crippen molar-refractivity contribution < 1.29 is 13.9 Å². The molecular weight excluding hydrogens is 290 g/mol. The van der Waals surface area contributed by atoms with E-state index in [2.05, 4.69) is 4.99 Å². The number of Topliss-reactive ketones (excluding diaryl/α,β-unsaturated/α-hetero) is 1. The van der Waals surface area contributed by atoms with Crippen LogP contribution in [-0.2, 0) is 0 Å². The van der Waals surface area contributed by atoms with E-state index in [1.54, 1.807) is 7.11 Å². The molecule has 0 saturated heterocycles. The van der Waals surface area contributed by atoms with Crippen LogP contribution < -0.4 is 10.3 Å². The molecular formula is C19H17NO3. The van der Waals surface area contributed by atoms with Gasteiger partial charge in [-0.15, -0.1) is 0 Å². The zero-order valence-corrected chi connectivity index (χ0v) is 13.3. The fraction of sp³-hybridized carbons (Fsp3) is 0.158. The predicted octanol–water partition coefficient (Wildman–Crippen LogP) is 4.18. The maximum atomic E-state index is 11.9. The van der Waals surface area contributed by atoms with E-state index in [0.717, 1.165) is 16.7 Å². The summed E-state index contributed by atoms with van der Waals surface area (Å²) in [6.45, 7) is 3.52. The van der Waals surface area contributed by atoms with Gasteiger partial charge in [-0.05, 0) is 56.3 Å². The van der Waals surface area contributed by atoms with Crippen molar-refractivity contribution in [3.63, 3.8) is 0 Å². The summed E-state index contributed by atoms with van der Waals surface area (Å²) in [4.78, 5) is 16.4.